The minimum Gasteiger partial charge on any atom is -0.453 e. The van der Waals surface area contributed by atoms with Crippen molar-refractivity contribution in [1.82, 2.24) is 10.2 Å². The van der Waals surface area contributed by atoms with Gasteiger partial charge in [-0.3, -0.25) is 10.2 Å². The van der Waals surface area contributed by atoms with Crippen LogP contribution >= 0.6 is 11.8 Å². The summed E-state index contributed by atoms with van der Waals surface area (Å²) < 4.78 is 4.60. The largest absolute Gasteiger partial charge is 0.453 e. The Kier molecular flexibility index (Phi) is 3.02. The summed E-state index contributed by atoms with van der Waals surface area (Å²) in [5, 5.41) is 3.16. The van der Waals surface area contributed by atoms with Crippen LogP contribution in [0.3, 0.4) is 0 Å². The molecule has 0 aromatic heterocycles. The molecule has 1 rings (SSSR count). The van der Waals surface area contributed by atoms with Gasteiger partial charge in [0, 0.05) is 13.1 Å². The highest BCUT2D eigenvalue weighted by Gasteiger charge is 2.27. The maximum atomic E-state index is 11.0. The lowest BCUT2D eigenvalue weighted by Crippen LogP contribution is -2.37. The van der Waals surface area contributed by atoms with Gasteiger partial charge >= 0.3 is 6.09 Å². The fourth-order valence-electron chi connectivity index (χ4n) is 1.05. The lowest BCUT2D eigenvalue weighted by Gasteiger charge is -2.20. The minimum atomic E-state index is -0.255. The Balaban J connectivity index is 2.49. The summed E-state index contributed by atoms with van der Waals surface area (Å²) >= 11 is 1.60. The van der Waals surface area contributed by atoms with E-state index in [4.69, 9.17) is 0 Å². The number of carbonyl (C=O) groups excluding carboxylic acids is 1. The molecule has 0 spiro atoms. The molecule has 0 radical (unpaired) electrons. The molecule has 1 amide bonds. The van der Waals surface area contributed by atoms with Gasteiger partial charge in [-0.1, -0.05) is 0 Å². The number of nitrogens with zero attached hydrogens (tertiary/aromatic N) is 1. The number of rotatable bonds is 1. The Bertz CT molecular complexity index is 154. The van der Waals surface area contributed by atoms with E-state index >= 15 is 0 Å². The highest BCUT2D eigenvalue weighted by atomic mass is 32.2. The van der Waals surface area contributed by atoms with E-state index in [2.05, 4.69) is 10.1 Å². The predicted octanol–water partition coefficient (Wildman–Crippen LogP) is 0.305. The monoisotopic (exact) mass is 176 g/mol. The van der Waals surface area contributed by atoms with Gasteiger partial charge in [0.2, 0.25) is 0 Å². The second-order valence-electron chi connectivity index (χ2n) is 2.21. The molecule has 1 atom stereocenters. The molecule has 0 aromatic carbocycles. The minimum absolute atomic E-state index is 0.0856. The Morgan fingerprint density at radius 1 is 1.82 bits per heavy atom. The molecule has 1 heterocycles. The van der Waals surface area contributed by atoms with Crippen molar-refractivity contribution in [2.45, 2.75) is 5.50 Å². The molecule has 5 heteroatoms. The molecule has 1 aliphatic heterocycles. The van der Waals surface area contributed by atoms with Crippen LogP contribution in [0.4, 0.5) is 4.79 Å². The molecular weight excluding hydrogens is 164 g/mol. The van der Waals surface area contributed by atoms with E-state index < -0.39 is 0 Å². The van der Waals surface area contributed by atoms with Crippen molar-refractivity contribution in [2.24, 2.45) is 0 Å². The standard InChI is InChI=1S/C6H12N2O2S/c1-10-6(9)8-4-3-7-5(8)11-2/h5,7H,3-4H2,1-2H3. The maximum absolute atomic E-state index is 11.0. The zero-order valence-corrected chi connectivity index (χ0v) is 7.48. The van der Waals surface area contributed by atoms with E-state index in [0.29, 0.717) is 0 Å². The number of thioether (sulfide) groups is 1. The second-order valence-corrected chi connectivity index (χ2v) is 3.12. The van der Waals surface area contributed by atoms with Gasteiger partial charge in [0.15, 0.2) is 0 Å². The molecule has 11 heavy (non-hydrogen) atoms. The average Bonchev–Trinajstić information content (AvgIpc) is 2.50. The van der Waals surface area contributed by atoms with E-state index in [1.165, 1.54) is 7.11 Å². The molecule has 1 N–H and O–H groups in total. The lowest BCUT2D eigenvalue weighted by atomic mass is 10.6. The molecule has 0 aromatic rings. The molecule has 1 saturated heterocycles. The van der Waals surface area contributed by atoms with Crippen molar-refractivity contribution in [3.05, 3.63) is 0 Å². The SMILES string of the molecule is COC(=O)N1CCNC1SC. The van der Waals surface area contributed by atoms with Crippen molar-refractivity contribution in [3.63, 3.8) is 0 Å². The first kappa shape index (κ1) is 8.67. The number of hydrogen-bond acceptors (Lipinski definition) is 4. The molecule has 0 aliphatic carbocycles. The molecule has 1 aliphatic rings. The van der Waals surface area contributed by atoms with Gasteiger partial charge in [-0.2, -0.15) is 0 Å². The van der Waals surface area contributed by atoms with Crippen LogP contribution in [0.1, 0.15) is 0 Å². The van der Waals surface area contributed by atoms with Crippen LogP contribution in [0.5, 0.6) is 0 Å². The fourth-order valence-corrected chi connectivity index (χ4v) is 1.78. The van der Waals surface area contributed by atoms with Crippen LogP contribution in [0.25, 0.3) is 0 Å². The number of amides is 1. The van der Waals surface area contributed by atoms with E-state index in [-0.39, 0.29) is 11.6 Å². The number of hydrogen-bond donors (Lipinski definition) is 1. The van der Waals surface area contributed by atoms with Gasteiger partial charge in [-0.15, -0.1) is 11.8 Å². The Morgan fingerprint density at radius 3 is 3.09 bits per heavy atom. The first-order chi connectivity index (χ1) is 5.29. The molecule has 0 bridgehead atoms. The van der Waals surface area contributed by atoms with Gasteiger partial charge < -0.3 is 4.74 Å². The predicted molar refractivity (Wildman–Crippen MR) is 44.4 cm³/mol. The quantitative estimate of drug-likeness (QED) is 0.624. The number of ether oxygens (including phenoxy) is 1. The second kappa shape index (κ2) is 3.82. The van der Waals surface area contributed by atoms with Gasteiger partial charge in [0.05, 0.1) is 7.11 Å². The lowest BCUT2D eigenvalue weighted by molar-refractivity contribution is 0.129. The van der Waals surface area contributed by atoms with Crippen LogP contribution in [-0.4, -0.2) is 42.9 Å². The van der Waals surface area contributed by atoms with Crippen LogP contribution < -0.4 is 5.32 Å². The highest BCUT2D eigenvalue weighted by molar-refractivity contribution is 7.99. The summed E-state index contributed by atoms with van der Waals surface area (Å²) in [4.78, 5) is 12.7. The first-order valence-corrected chi connectivity index (χ1v) is 4.69. The van der Waals surface area contributed by atoms with Crippen molar-refractivity contribution in [1.29, 1.82) is 0 Å². The summed E-state index contributed by atoms with van der Waals surface area (Å²) in [6.07, 6.45) is 1.70. The van der Waals surface area contributed by atoms with Crippen LogP contribution in [0.15, 0.2) is 0 Å². The zero-order valence-electron chi connectivity index (χ0n) is 6.66. The summed E-state index contributed by atoms with van der Waals surface area (Å²) in [5.74, 6) is 0. The van der Waals surface area contributed by atoms with Gasteiger partial charge in [0.1, 0.15) is 5.50 Å². The van der Waals surface area contributed by atoms with Gasteiger partial charge in [-0.05, 0) is 6.26 Å². The van der Waals surface area contributed by atoms with E-state index in [1.54, 1.807) is 16.7 Å². The van der Waals surface area contributed by atoms with Crippen molar-refractivity contribution in [3.8, 4) is 0 Å². The molecular formula is C6H12N2O2S. The average molecular weight is 176 g/mol. The maximum Gasteiger partial charge on any atom is 0.411 e. The number of nitrogens with one attached hydrogen (secondary N) is 1. The summed E-state index contributed by atoms with van der Waals surface area (Å²) in [6.45, 7) is 1.58. The third-order valence-electron chi connectivity index (χ3n) is 1.59. The number of methoxy groups -OCH3 is 1. The smallest absolute Gasteiger partial charge is 0.411 e. The van der Waals surface area contributed by atoms with Crippen molar-refractivity contribution < 1.29 is 9.53 Å². The molecule has 4 nitrogen and oxygen atoms in total. The molecule has 1 unspecified atom stereocenters. The molecule has 0 saturated carbocycles. The topological polar surface area (TPSA) is 41.6 Å². The summed E-state index contributed by atoms with van der Waals surface area (Å²) in [6, 6.07) is 0. The van der Waals surface area contributed by atoms with E-state index in [9.17, 15) is 4.79 Å². The van der Waals surface area contributed by atoms with E-state index in [1.807, 2.05) is 6.26 Å². The highest BCUT2D eigenvalue weighted by Crippen LogP contribution is 2.14. The summed E-state index contributed by atoms with van der Waals surface area (Å²) in [7, 11) is 1.40. The van der Waals surface area contributed by atoms with Crippen molar-refractivity contribution in [2.75, 3.05) is 26.5 Å². The van der Waals surface area contributed by atoms with Gasteiger partial charge in [0.25, 0.3) is 0 Å². The van der Waals surface area contributed by atoms with Crippen LogP contribution in [0, 0.1) is 0 Å². The van der Waals surface area contributed by atoms with Crippen LogP contribution in [-0.2, 0) is 4.74 Å². The fraction of sp³-hybridized carbons (Fsp3) is 0.833. The van der Waals surface area contributed by atoms with E-state index in [0.717, 1.165) is 13.1 Å². The zero-order chi connectivity index (χ0) is 8.27. The van der Waals surface area contributed by atoms with Gasteiger partial charge in [-0.25, -0.2) is 4.79 Å². The molecule has 1 fully saturated rings. The Labute approximate surface area is 70.3 Å². The van der Waals surface area contributed by atoms with Crippen molar-refractivity contribution >= 4 is 17.9 Å². The third-order valence-corrected chi connectivity index (χ3v) is 2.45. The molecule has 64 valence electrons. The number of carbonyl (C=O) groups is 1. The first-order valence-electron chi connectivity index (χ1n) is 3.40. The normalized spacial score (nSPS) is 23.8. The third kappa shape index (κ3) is 1.78. The Morgan fingerprint density at radius 2 is 2.55 bits per heavy atom. The summed E-state index contributed by atoms with van der Waals surface area (Å²) in [5.41, 5.74) is 0.0856. The van der Waals surface area contributed by atoms with Crippen LogP contribution in [0.2, 0.25) is 0 Å². The Hall–Kier alpha value is -0.420.